The van der Waals surface area contributed by atoms with Crippen molar-refractivity contribution in [3.05, 3.63) is 35.9 Å². The summed E-state index contributed by atoms with van der Waals surface area (Å²) in [7, 11) is -3.53. The minimum Gasteiger partial charge on any atom is -0.326 e. The van der Waals surface area contributed by atoms with Gasteiger partial charge in [0.15, 0.2) is 0 Å². The molecule has 0 unspecified atom stereocenters. The number of carbonyl (C=O) groups is 1. The van der Waals surface area contributed by atoms with Crippen molar-refractivity contribution in [2.24, 2.45) is 0 Å². The van der Waals surface area contributed by atoms with Crippen molar-refractivity contribution in [2.75, 3.05) is 25.0 Å². The Balaban J connectivity index is 0.00000242. The van der Waals surface area contributed by atoms with Crippen molar-refractivity contribution in [1.29, 1.82) is 0 Å². The van der Waals surface area contributed by atoms with Crippen LogP contribution in [0.1, 0.15) is 13.3 Å². The van der Waals surface area contributed by atoms with Gasteiger partial charge >= 0.3 is 0 Å². The average molecular weight is 346 g/mol. The Hall–Kier alpha value is -1.41. The molecular weight excluding hydrogens is 326 g/mol. The molecule has 0 saturated heterocycles. The van der Waals surface area contributed by atoms with E-state index in [9.17, 15) is 13.2 Å². The number of rotatable bonds is 5. The third kappa shape index (κ3) is 5.42. The Bertz CT molecular complexity index is 642. The summed E-state index contributed by atoms with van der Waals surface area (Å²) in [6.07, 6.45) is 2.86. The van der Waals surface area contributed by atoms with Gasteiger partial charge in [-0.15, -0.1) is 12.4 Å². The Morgan fingerprint density at radius 1 is 1.27 bits per heavy atom. The van der Waals surface area contributed by atoms with Crippen LogP contribution in [-0.2, 0) is 14.8 Å². The number of carbonyl (C=O) groups excluding carboxylic acids is 1. The molecule has 0 aliphatic carbocycles. The molecule has 1 aromatic rings. The number of amides is 1. The van der Waals surface area contributed by atoms with Crippen LogP contribution < -0.4 is 15.4 Å². The maximum atomic E-state index is 12.2. The van der Waals surface area contributed by atoms with Gasteiger partial charge in [-0.3, -0.25) is 4.79 Å². The predicted octanol–water partition coefficient (Wildman–Crippen LogP) is 1.26. The Morgan fingerprint density at radius 3 is 2.50 bits per heavy atom. The lowest BCUT2D eigenvalue weighted by Gasteiger charge is -2.15. The molecule has 2 rings (SSSR count). The fraction of sp³-hybridized carbons (Fsp3) is 0.357. The predicted molar refractivity (Wildman–Crippen MR) is 88.8 cm³/mol. The first kappa shape index (κ1) is 18.6. The highest BCUT2D eigenvalue weighted by molar-refractivity contribution is 7.89. The van der Waals surface area contributed by atoms with Crippen LogP contribution >= 0.6 is 12.4 Å². The van der Waals surface area contributed by atoms with Crippen molar-refractivity contribution in [3.8, 4) is 0 Å². The topological polar surface area (TPSA) is 87.3 Å². The monoisotopic (exact) mass is 345 g/mol. The van der Waals surface area contributed by atoms with Gasteiger partial charge in [0, 0.05) is 25.7 Å². The van der Waals surface area contributed by atoms with E-state index < -0.39 is 10.0 Å². The molecule has 0 aromatic heterocycles. The van der Waals surface area contributed by atoms with Crippen LogP contribution in [0.5, 0.6) is 0 Å². The second-order valence-electron chi connectivity index (χ2n) is 4.85. The molecule has 0 bridgehead atoms. The molecule has 8 heteroatoms. The zero-order valence-corrected chi connectivity index (χ0v) is 13.9. The highest BCUT2D eigenvalue weighted by Gasteiger charge is 2.14. The molecule has 122 valence electrons. The van der Waals surface area contributed by atoms with Crippen LogP contribution in [0.3, 0.4) is 0 Å². The summed E-state index contributed by atoms with van der Waals surface area (Å²) in [5, 5.41) is 5.77. The highest BCUT2D eigenvalue weighted by Crippen LogP contribution is 2.14. The maximum absolute atomic E-state index is 12.2. The minimum absolute atomic E-state index is 0. The summed E-state index contributed by atoms with van der Waals surface area (Å²) < 4.78 is 26.9. The van der Waals surface area contributed by atoms with Crippen LogP contribution in [0.2, 0.25) is 0 Å². The fourth-order valence-corrected chi connectivity index (χ4v) is 3.06. The van der Waals surface area contributed by atoms with E-state index in [-0.39, 0.29) is 23.2 Å². The van der Waals surface area contributed by atoms with Crippen molar-refractivity contribution in [3.63, 3.8) is 0 Å². The summed E-state index contributed by atoms with van der Waals surface area (Å²) >= 11 is 0. The second-order valence-corrected chi connectivity index (χ2v) is 6.61. The van der Waals surface area contributed by atoms with E-state index in [4.69, 9.17) is 0 Å². The largest absolute Gasteiger partial charge is 0.326 e. The van der Waals surface area contributed by atoms with Crippen LogP contribution in [0.4, 0.5) is 5.69 Å². The molecule has 6 nitrogen and oxygen atoms in total. The van der Waals surface area contributed by atoms with Gasteiger partial charge in [0.2, 0.25) is 15.9 Å². The first-order chi connectivity index (χ1) is 9.97. The first-order valence-electron chi connectivity index (χ1n) is 6.73. The van der Waals surface area contributed by atoms with Gasteiger partial charge in [0.1, 0.15) is 0 Å². The van der Waals surface area contributed by atoms with Crippen LogP contribution in [0, 0.1) is 0 Å². The molecule has 1 aromatic carbocycles. The second kappa shape index (κ2) is 8.28. The summed E-state index contributed by atoms with van der Waals surface area (Å²) in [4.78, 5) is 11.1. The zero-order chi connectivity index (χ0) is 15.3. The Labute approximate surface area is 136 Å². The lowest BCUT2D eigenvalue weighted by atomic mass is 10.1. The van der Waals surface area contributed by atoms with Crippen LogP contribution in [-0.4, -0.2) is 34.0 Å². The van der Waals surface area contributed by atoms with Crippen molar-refractivity contribution >= 4 is 34.0 Å². The number of halogens is 1. The molecular formula is C14H20ClN3O3S. The van der Waals surface area contributed by atoms with Gasteiger partial charge in [0.05, 0.1) is 4.90 Å². The maximum Gasteiger partial charge on any atom is 0.240 e. The normalized spacial score (nSPS) is 14.7. The Morgan fingerprint density at radius 2 is 1.95 bits per heavy atom. The molecule has 0 atom stereocenters. The number of hydrogen-bond acceptors (Lipinski definition) is 4. The van der Waals surface area contributed by atoms with E-state index in [0.29, 0.717) is 12.2 Å². The molecule has 0 fully saturated rings. The average Bonchev–Trinajstić information content (AvgIpc) is 2.46. The van der Waals surface area contributed by atoms with Crippen molar-refractivity contribution in [1.82, 2.24) is 10.0 Å². The highest BCUT2D eigenvalue weighted by atomic mass is 35.5. The van der Waals surface area contributed by atoms with Crippen molar-refractivity contribution < 1.29 is 13.2 Å². The Kier molecular flexibility index (Phi) is 7.02. The minimum atomic E-state index is -3.53. The zero-order valence-electron chi connectivity index (χ0n) is 12.3. The third-order valence-corrected chi connectivity index (χ3v) is 4.55. The first-order valence-corrected chi connectivity index (χ1v) is 8.21. The SMILES string of the molecule is CC(=O)Nc1ccc(S(=O)(=O)NCC2=CCNCC2)cc1.Cl. The van der Waals surface area contributed by atoms with Crippen molar-refractivity contribution in [2.45, 2.75) is 18.2 Å². The van der Waals surface area contributed by atoms with E-state index in [0.717, 1.165) is 25.1 Å². The quantitative estimate of drug-likeness (QED) is 0.701. The molecule has 1 amide bonds. The van der Waals surface area contributed by atoms with Gasteiger partial charge in [-0.25, -0.2) is 13.1 Å². The van der Waals surface area contributed by atoms with E-state index in [1.54, 1.807) is 12.1 Å². The van der Waals surface area contributed by atoms with E-state index in [1.165, 1.54) is 19.1 Å². The van der Waals surface area contributed by atoms with Gasteiger partial charge in [0.25, 0.3) is 0 Å². The number of sulfonamides is 1. The molecule has 22 heavy (non-hydrogen) atoms. The van der Waals surface area contributed by atoms with Crippen LogP contribution in [0.15, 0.2) is 40.8 Å². The molecule has 0 saturated carbocycles. The lowest BCUT2D eigenvalue weighted by Crippen LogP contribution is -2.29. The summed E-state index contributed by atoms with van der Waals surface area (Å²) in [5.74, 6) is -0.193. The van der Waals surface area contributed by atoms with Gasteiger partial charge in [-0.1, -0.05) is 11.6 Å². The molecule has 1 aliphatic rings. The summed E-state index contributed by atoms with van der Waals surface area (Å²) in [6, 6.07) is 6.09. The molecule has 1 heterocycles. The smallest absolute Gasteiger partial charge is 0.240 e. The van der Waals surface area contributed by atoms with Gasteiger partial charge in [-0.05, 0) is 37.2 Å². The van der Waals surface area contributed by atoms with E-state index in [1.807, 2.05) is 6.08 Å². The fourth-order valence-electron chi connectivity index (χ4n) is 2.02. The number of hydrogen-bond donors (Lipinski definition) is 3. The summed E-state index contributed by atoms with van der Waals surface area (Å²) in [6.45, 7) is 3.39. The molecule has 0 radical (unpaired) electrons. The molecule has 0 spiro atoms. The number of nitrogens with one attached hydrogen (secondary N) is 3. The van der Waals surface area contributed by atoms with Gasteiger partial charge in [-0.2, -0.15) is 0 Å². The molecule has 1 aliphatic heterocycles. The molecule has 3 N–H and O–H groups in total. The van der Waals surface area contributed by atoms with E-state index >= 15 is 0 Å². The third-order valence-electron chi connectivity index (χ3n) is 3.13. The van der Waals surface area contributed by atoms with Gasteiger partial charge < -0.3 is 10.6 Å². The number of anilines is 1. The standard InChI is InChI=1S/C14H19N3O3S.ClH/c1-11(18)17-13-2-4-14(5-3-13)21(19,20)16-10-12-6-8-15-9-7-12;/h2-6,15-16H,7-10H2,1H3,(H,17,18);1H. The number of benzene rings is 1. The van der Waals surface area contributed by atoms with E-state index in [2.05, 4.69) is 15.4 Å². The lowest BCUT2D eigenvalue weighted by molar-refractivity contribution is -0.114. The summed E-state index contributed by atoms with van der Waals surface area (Å²) in [5.41, 5.74) is 1.66. The van der Waals surface area contributed by atoms with Crippen LogP contribution in [0.25, 0.3) is 0 Å².